The minimum Gasteiger partial charge on any atom is -0.385 e. The van der Waals surface area contributed by atoms with Crippen LogP contribution >= 0.6 is 8.46 Å². The molecule has 0 saturated heterocycles. The maximum atomic E-state index is 10.0. The second kappa shape index (κ2) is 2.12. The van der Waals surface area contributed by atoms with Gasteiger partial charge in [0.1, 0.15) is 8.46 Å². The third-order valence-electron chi connectivity index (χ3n) is 0.760. The molecule has 0 aromatic rings. The van der Waals surface area contributed by atoms with Crippen molar-refractivity contribution in [1.29, 1.82) is 0 Å². The molecule has 0 aliphatic carbocycles. The number of hydrogen-bond acceptors (Lipinski definition) is 3. The summed E-state index contributed by atoms with van der Waals surface area (Å²) >= 11 is 0. The molecule has 7 heavy (non-hydrogen) atoms. The lowest BCUT2D eigenvalue weighted by molar-refractivity contribution is 0.144. The molecule has 4 heteroatoms. The summed E-state index contributed by atoms with van der Waals surface area (Å²) in [6.45, 7) is 0. The van der Waals surface area contributed by atoms with Gasteiger partial charge in [0.25, 0.3) is 0 Å². The quantitative estimate of drug-likeness (QED) is 0.471. The highest BCUT2D eigenvalue weighted by Crippen LogP contribution is 2.15. The fourth-order valence-corrected chi connectivity index (χ4v) is 0.744. The minimum atomic E-state index is -0.796. The Morgan fingerprint density at radius 1 is 2.00 bits per heavy atom. The first-order valence-corrected chi connectivity index (χ1v) is 3.20. The average molecular weight is 119 g/mol. The van der Waals surface area contributed by atoms with Crippen LogP contribution in [0.25, 0.3) is 0 Å². The summed E-state index contributed by atoms with van der Waals surface area (Å²) in [4.78, 5) is 4.60. The van der Waals surface area contributed by atoms with Crippen LogP contribution in [-0.4, -0.2) is 12.1 Å². The van der Waals surface area contributed by atoms with Crippen LogP contribution in [0.15, 0.2) is 5.16 Å². The maximum Gasteiger partial charge on any atom is 0.179 e. The lowest BCUT2D eigenvalue weighted by Crippen LogP contribution is -1.90. The van der Waals surface area contributed by atoms with Crippen molar-refractivity contribution >= 4 is 14.7 Å². The second-order valence-electron chi connectivity index (χ2n) is 1.30. The molecule has 0 saturated carbocycles. The molecular formula is C3H6NO2P. The van der Waals surface area contributed by atoms with E-state index in [-0.39, 0.29) is 5.85 Å². The second-order valence-corrected chi connectivity index (χ2v) is 2.32. The Morgan fingerprint density at radius 3 is 3.14 bits per heavy atom. The molecule has 0 aromatic heterocycles. The van der Waals surface area contributed by atoms with Crippen molar-refractivity contribution in [3.63, 3.8) is 0 Å². The van der Waals surface area contributed by atoms with Crippen LogP contribution in [0, 0.1) is 0 Å². The minimum absolute atomic E-state index is 0.0972. The van der Waals surface area contributed by atoms with Gasteiger partial charge in [-0.05, 0) is 0 Å². The number of oxime groups is 1. The van der Waals surface area contributed by atoms with Crippen LogP contribution in [0.1, 0.15) is 6.42 Å². The van der Waals surface area contributed by atoms with E-state index in [1.807, 2.05) is 0 Å². The van der Waals surface area contributed by atoms with E-state index in [1.54, 1.807) is 6.21 Å². The molecule has 0 N–H and O–H groups in total. The van der Waals surface area contributed by atoms with Gasteiger partial charge in [-0.25, -0.2) is 0 Å². The Labute approximate surface area is 42.5 Å². The summed E-state index contributed by atoms with van der Waals surface area (Å²) in [5.74, 6) is -0.0972. The largest absolute Gasteiger partial charge is 0.385 e. The molecule has 2 unspecified atom stereocenters. The maximum absolute atomic E-state index is 10.0. The summed E-state index contributed by atoms with van der Waals surface area (Å²) in [5.41, 5.74) is 0. The van der Waals surface area contributed by atoms with Gasteiger partial charge >= 0.3 is 0 Å². The summed E-state index contributed by atoms with van der Waals surface area (Å²) in [6.07, 6.45) is 2.36. The molecular weight excluding hydrogens is 113 g/mol. The standard InChI is InChI=1S/C3H6NO2P/c5-7-3-1-2-4-6-3/h2-3H,1,7H2. The Morgan fingerprint density at radius 2 is 2.86 bits per heavy atom. The van der Waals surface area contributed by atoms with Crippen LogP contribution in [0.3, 0.4) is 0 Å². The van der Waals surface area contributed by atoms with Gasteiger partial charge in [-0.3, -0.25) is 0 Å². The van der Waals surface area contributed by atoms with Gasteiger partial charge in [-0.2, -0.15) is 0 Å². The number of hydrogen-bond donors (Lipinski definition) is 0. The normalized spacial score (nSPS) is 29.4. The van der Waals surface area contributed by atoms with E-state index in [9.17, 15) is 4.57 Å². The Balaban J connectivity index is 2.35. The molecule has 0 aromatic carbocycles. The van der Waals surface area contributed by atoms with Crippen molar-refractivity contribution in [3.8, 4) is 0 Å². The van der Waals surface area contributed by atoms with E-state index in [2.05, 4.69) is 9.99 Å². The van der Waals surface area contributed by atoms with Crippen LogP contribution in [-0.2, 0) is 9.40 Å². The van der Waals surface area contributed by atoms with Gasteiger partial charge in [-0.1, -0.05) is 5.16 Å². The molecule has 2 atom stereocenters. The monoisotopic (exact) mass is 119 g/mol. The highest BCUT2D eigenvalue weighted by Gasteiger charge is 2.08. The molecule has 1 aliphatic heterocycles. The molecule has 0 radical (unpaired) electrons. The molecule has 0 bridgehead atoms. The third kappa shape index (κ3) is 1.03. The SMILES string of the molecule is O=[PH2]C1CC=NO1. The Bertz CT molecular complexity index is 95.1. The molecule has 1 rings (SSSR count). The third-order valence-corrected chi connectivity index (χ3v) is 1.46. The molecule has 0 amide bonds. The van der Waals surface area contributed by atoms with Crippen LogP contribution < -0.4 is 0 Å². The molecule has 1 aliphatic rings. The predicted molar refractivity (Wildman–Crippen MR) is 28.4 cm³/mol. The molecule has 3 nitrogen and oxygen atoms in total. The number of nitrogens with zero attached hydrogens (tertiary/aromatic N) is 1. The Kier molecular flexibility index (Phi) is 1.47. The fraction of sp³-hybridized carbons (Fsp3) is 0.667. The van der Waals surface area contributed by atoms with Crippen molar-refractivity contribution in [1.82, 2.24) is 0 Å². The van der Waals surface area contributed by atoms with E-state index in [1.165, 1.54) is 0 Å². The van der Waals surface area contributed by atoms with Gasteiger partial charge in [0, 0.05) is 12.6 Å². The first-order chi connectivity index (χ1) is 3.43. The lowest BCUT2D eigenvalue weighted by Gasteiger charge is -1.93. The fourth-order valence-electron chi connectivity index (χ4n) is 0.392. The molecule has 0 fully saturated rings. The summed E-state index contributed by atoms with van der Waals surface area (Å²) in [7, 11) is -0.796. The van der Waals surface area contributed by atoms with E-state index < -0.39 is 8.46 Å². The van der Waals surface area contributed by atoms with Crippen molar-refractivity contribution in [2.24, 2.45) is 5.16 Å². The Hall–Kier alpha value is -0.300. The smallest absolute Gasteiger partial charge is 0.179 e. The highest BCUT2D eigenvalue weighted by atomic mass is 31.1. The molecule has 0 spiro atoms. The van der Waals surface area contributed by atoms with Crippen molar-refractivity contribution in [2.75, 3.05) is 0 Å². The average Bonchev–Trinajstić information content (AvgIpc) is 2.14. The van der Waals surface area contributed by atoms with Gasteiger partial charge in [0.15, 0.2) is 5.85 Å². The predicted octanol–water partition coefficient (Wildman–Crippen LogP) is 0.475. The zero-order valence-electron chi connectivity index (χ0n) is 3.70. The van der Waals surface area contributed by atoms with Gasteiger partial charge < -0.3 is 9.40 Å². The van der Waals surface area contributed by atoms with Crippen molar-refractivity contribution < 1.29 is 9.40 Å². The zero-order valence-corrected chi connectivity index (χ0v) is 4.86. The topological polar surface area (TPSA) is 38.7 Å². The van der Waals surface area contributed by atoms with Crippen molar-refractivity contribution in [2.45, 2.75) is 12.3 Å². The molecule has 1 heterocycles. The van der Waals surface area contributed by atoms with Crippen LogP contribution in [0.4, 0.5) is 0 Å². The van der Waals surface area contributed by atoms with Gasteiger partial charge in [-0.15, -0.1) is 0 Å². The first-order valence-electron chi connectivity index (χ1n) is 2.06. The van der Waals surface area contributed by atoms with E-state index in [0.29, 0.717) is 0 Å². The lowest BCUT2D eigenvalue weighted by atomic mass is 10.5. The van der Waals surface area contributed by atoms with E-state index in [0.717, 1.165) is 6.42 Å². The van der Waals surface area contributed by atoms with E-state index >= 15 is 0 Å². The van der Waals surface area contributed by atoms with Gasteiger partial charge in [0.05, 0.1) is 0 Å². The van der Waals surface area contributed by atoms with Gasteiger partial charge in [0.2, 0.25) is 0 Å². The van der Waals surface area contributed by atoms with Crippen molar-refractivity contribution in [3.05, 3.63) is 0 Å². The first kappa shape index (κ1) is 4.85. The summed E-state index contributed by atoms with van der Waals surface area (Å²) in [6, 6.07) is 0. The zero-order chi connectivity index (χ0) is 5.11. The van der Waals surface area contributed by atoms with E-state index in [4.69, 9.17) is 0 Å². The number of rotatable bonds is 1. The molecule has 40 valence electrons. The summed E-state index contributed by atoms with van der Waals surface area (Å²) in [5, 5.41) is 3.43. The highest BCUT2D eigenvalue weighted by molar-refractivity contribution is 7.24. The van der Waals surface area contributed by atoms with Crippen LogP contribution in [0.5, 0.6) is 0 Å². The summed E-state index contributed by atoms with van der Waals surface area (Å²) < 4.78 is 10.0. The van der Waals surface area contributed by atoms with Crippen LogP contribution in [0.2, 0.25) is 0 Å².